The summed E-state index contributed by atoms with van der Waals surface area (Å²) >= 11 is 0. The number of hydrogen-bond acceptors (Lipinski definition) is 0. The average molecular weight is 196 g/mol. The van der Waals surface area contributed by atoms with Crippen LogP contribution >= 0.6 is 0 Å². The van der Waals surface area contributed by atoms with Crippen LogP contribution in [0.1, 0.15) is 11.1 Å². The highest BCUT2D eigenvalue weighted by atomic mass is 14.9. The van der Waals surface area contributed by atoms with Crippen LogP contribution in [0.2, 0.25) is 0 Å². The molecule has 0 N–H and O–H groups in total. The molecule has 0 amide bonds. The molecule has 1 nitrogen and oxygen atoms in total. The summed E-state index contributed by atoms with van der Waals surface area (Å²) < 4.78 is 0. The van der Waals surface area contributed by atoms with Crippen LogP contribution in [0.25, 0.3) is 0 Å². The van der Waals surface area contributed by atoms with Crippen molar-refractivity contribution < 1.29 is 0 Å². The van der Waals surface area contributed by atoms with Gasteiger partial charge >= 0.3 is 0 Å². The Hall–Kier alpha value is -1.76. The van der Waals surface area contributed by atoms with Gasteiger partial charge in [0.25, 0.3) is 0 Å². The van der Waals surface area contributed by atoms with Crippen LogP contribution in [0, 0.1) is 13.8 Å². The molecule has 0 aliphatic carbocycles. The Morgan fingerprint density at radius 1 is 0.733 bits per heavy atom. The van der Waals surface area contributed by atoms with E-state index in [9.17, 15) is 0 Å². The van der Waals surface area contributed by atoms with Gasteiger partial charge in [0.2, 0.25) is 0 Å². The Kier molecular flexibility index (Phi) is 2.72. The number of aryl methyl sites for hydroxylation is 2. The highest BCUT2D eigenvalue weighted by Crippen LogP contribution is 2.18. The van der Waals surface area contributed by atoms with Gasteiger partial charge in [-0.1, -0.05) is 24.3 Å². The Labute approximate surface area is 90.8 Å². The van der Waals surface area contributed by atoms with Crippen molar-refractivity contribution in [2.24, 2.45) is 0 Å². The van der Waals surface area contributed by atoms with Crippen LogP contribution < -0.4 is 5.32 Å². The van der Waals surface area contributed by atoms with E-state index in [4.69, 9.17) is 0 Å². The second-order valence-corrected chi connectivity index (χ2v) is 3.79. The van der Waals surface area contributed by atoms with Crippen molar-refractivity contribution >= 4 is 11.4 Å². The molecule has 0 fully saturated rings. The van der Waals surface area contributed by atoms with E-state index in [0.29, 0.717) is 0 Å². The normalized spacial score (nSPS) is 10.0. The van der Waals surface area contributed by atoms with E-state index < -0.39 is 0 Å². The molecule has 2 rings (SSSR count). The lowest BCUT2D eigenvalue weighted by atomic mass is 10.2. The molecule has 1 heteroatoms. The van der Waals surface area contributed by atoms with Gasteiger partial charge in [0, 0.05) is 0 Å². The fraction of sp³-hybridized carbons (Fsp3) is 0.143. The zero-order valence-electron chi connectivity index (χ0n) is 9.07. The minimum Gasteiger partial charge on any atom is -0.249 e. The number of hydrogen-bond donors (Lipinski definition) is 0. The minimum absolute atomic E-state index is 1.01. The Morgan fingerprint density at radius 3 is 1.60 bits per heavy atom. The van der Waals surface area contributed by atoms with Crippen molar-refractivity contribution in [3.8, 4) is 0 Å². The lowest BCUT2D eigenvalue weighted by Gasteiger charge is -2.04. The quantitative estimate of drug-likeness (QED) is 0.692. The monoisotopic (exact) mass is 196 g/mol. The molecular formula is C14H14N. The third-order valence-corrected chi connectivity index (χ3v) is 2.26. The molecular weight excluding hydrogens is 182 g/mol. The third kappa shape index (κ3) is 2.59. The van der Waals surface area contributed by atoms with Gasteiger partial charge in [0.1, 0.15) is 0 Å². The largest absolute Gasteiger partial charge is 0.249 e. The van der Waals surface area contributed by atoms with E-state index in [0.717, 1.165) is 11.4 Å². The van der Waals surface area contributed by atoms with E-state index in [1.165, 1.54) is 11.1 Å². The van der Waals surface area contributed by atoms with Crippen molar-refractivity contribution in [2.45, 2.75) is 13.8 Å². The molecule has 0 atom stereocenters. The molecule has 0 bridgehead atoms. The Bertz CT molecular complexity index is 417. The number of benzene rings is 2. The predicted octanol–water partition coefficient (Wildman–Crippen LogP) is 3.87. The predicted molar refractivity (Wildman–Crippen MR) is 63.8 cm³/mol. The molecule has 75 valence electrons. The summed E-state index contributed by atoms with van der Waals surface area (Å²) in [6.07, 6.45) is 0. The van der Waals surface area contributed by atoms with Gasteiger partial charge in [-0.05, 0) is 49.2 Å². The SMILES string of the molecule is Cc1cccc([N]c2cccc(C)c2)c1. The summed E-state index contributed by atoms with van der Waals surface area (Å²) in [5.41, 5.74) is 4.51. The molecule has 0 heterocycles. The highest BCUT2D eigenvalue weighted by Gasteiger charge is 1.96. The van der Waals surface area contributed by atoms with E-state index >= 15 is 0 Å². The molecule has 0 aliphatic heterocycles. The first-order valence-corrected chi connectivity index (χ1v) is 5.09. The maximum Gasteiger partial charge on any atom is 0.0639 e. The summed E-state index contributed by atoms with van der Waals surface area (Å²) in [5, 5.41) is 4.56. The van der Waals surface area contributed by atoms with Gasteiger partial charge < -0.3 is 0 Å². The second kappa shape index (κ2) is 4.18. The maximum atomic E-state index is 4.56. The van der Waals surface area contributed by atoms with Crippen molar-refractivity contribution in [1.29, 1.82) is 0 Å². The highest BCUT2D eigenvalue weighted by molar-refractivity contribution is 5.50. The first-order valence-electron chi connectivity index (χ1n) is 5.09. The fourth-order valence-corrected chi connectivity index (χ4v) is 1.54. The smallest absolute Gasteiger partial charge is 0.0639 e. The third-order valence-electron chi connectivity index (χ3n) is 2.26. The first-order chi connectivity index (χ1) is 7.24. The number of nitrogens with zero attached hydrogens (tertiary/aromatic N) is 1. The molecule has 1 radical (unpaired) electrons. The van der Waals surface area contributed by atoms with Crippen LogP contribution in [-0.4, -0.2) is 0 Å². The Morgan fingerprint density at radius 2 is 1.20 bits per heavy atom. The molecule has 0 aliphatic rings. The second-order valence-electron chi connectivity index (χ2n) is 3.79. The topological polar surface area (TPSA) is 14.1 Å². The zero-order valence-corrected chi connectivity index (χ0v) is 9.07. The van der Waals surface area contributed by atoms with Gasteiger partial charge in [-0.15, -0.1) is 0 Å². The molecule has 0 spiro atoms. The number of rotatable bonds is 2. The first kappa shape index (κ1) is 9.78. The van der Waals surface area contributed by atoms with Gasteiger partial charge in [-0.3, -0.25) is 0 Å². The van der Waals surface area contributed by atoms with Crippen molar-refractivity contribution in [1.82, 2.24) is 5.32 Å². The van der Waals surface area contributed by atoms with E-state index in [2.05, 4.69) is 43.4 Å². The van der Waals surface area contributed by atoms with Gasteiger partial charge in [0.05, 0.1) is 11.4 Å². The summed E-state index contributed by atoms with van der Waals surface area (Å²) in [4.78, 5) is 0. The van der Waals surface area contributed by atoms with Gasteiger partial charge in [0.15, 0.2) is 0 Å². The molecule has 0 aromatic heterocycles. The molecule has 15 heavy (non-hydrogen) atoms. The molecule has 0 unspecified atom stereocenters. The van der Waals surface area contributed by atoms with Crippen LogP contribution in [0.4, 0.5) is 11.4 Å². The van der Waals surface area contributed by atoms with Crippen LogP contribution in [0.5, 0.6) is 0 Å². The summed E-state index contributed by atoms with van der Waals surface area (Å²) in [6.45, 7) is 4.16. The van der Waals surface area contributed by atoms with E-state index in [1.807, 2.05) is 24.3 Å². The molecule has 0 saturated heterocycles. The van der Waals surface area contributed by atoms with Gasteiger partial charge in [-0.2, -0.15) is 0 Å². The maximum absolute atomic E-state index is 4.56. The lowest BCUT2D eigenvalue weighted by Crippen LogP contribution is -1.89. The fourth-order valence-electron chi connectivity index (χ4n) is 1.54. The van der Waals surface area contributed by atoms with Crippen molar-refractivity contribution in [3.63, 3.8) is 0 Å². The van der Waals surface area contributed by atoms with E-state index in [-0.39, 0.29) is 0 Å². The van der Waals surface area contributed by atoms with E-state index in [1.54, 1.807) is 0 Å². The molecule has 0 saturated carbocycles. The zero-order chi connectivity index (χ0) is 10.7. The summed E-state index contributed by atoms with van der Waals surface area (Å²) in [7, 11) is 0. The lowest BCUT2D eigenvalue weighted by molar-refractivity contribution is 1.17. The molecule has 2 aromatic carbocycles. The van der Waals surface area contributed by atoms with Crippen LogP contribution in [0.3, 0.4) is 0 Å². The van der Waals surface area contributed by atoms with Crippen molar-refractivity contribution in [3.05, 3.63) is 59.7 Å². The van der Waals surface area contributed by atoms with Crippen LogP contribution in [0.15, 0.2) is 48.5 Å². The summed E-state index contributed by atoms with van der Waals surface area (Å²) in [6, 6.07) is 16.4. The minimum atomic E-state index is 1.01. The average Bonchev–Trinajstić information content (AvgIpc) is 2.17. The van der Waals surface area contributed by atoms with Gasteiger partial charge in [-0.25, -0.2) is 5.32 Å². The molecule has 2 aromatic rings. The Balaban J connectivity index is 2.22. The van der Waals surface area contributed by atoms with Crippen molar-refractivity contribution in [2.75, 3.05) is 0 Å². The summed E-state index contributed by atoms with van der Waals surface area (Å²) in [5.74, 6) is 0. The van der Waals surface area contributed by atoms with Crippen LogP contribution in [-0.2, 0) is 0 Å². The standard InChI is InChI=1S/C14H14N/c1-11-5-3-7-13(9-11)15-14-8-4-6-12(2)10-14/h3-10H,1-2H3.